The maximum Gasteiger partial charge on any atom is 0.129 e. The molecule has 0 bridgehead atoms. The van der Waals surface area contributed by atoms with Crippen LogP contribution < -0.4 is 5.32 Å². The molecule has 120 valence electrons. The van der Waals surface area contributed by atoms with Crippen molar-refractivity contribution in [3.05, 3.63) is 55.4 Å². The highest BCUT2D eigenvalue weighted by atomic mass is 79.9. The Hall–Kier alpha value is -0.170. The van der Waals surface area contributed by atoms with E-state index in [0.717, 1.165) is 39.9 Å². The molecule has 2 heterocycles. The Morgan fingerprint density at radius 2 is 1.95 bits per heavy atom. The summed E-state index contributed by atoms with van der Waals surface area (Å²) in [4.78, 5) is 3.40. The van der Waals surface area contributed by atoms with E-state index in [0.29, 0.717) is 5.56 Å². The van der Waals surface area contributed by atoms with E-state index in [9.17, 15) is 4.39 Å². The number of hydrogen-bond donors (Lipinski definition) is 1. The molecule has 0 unspecified atom stereocenters. The fraction of sp³-hybridized carbons (Fsp3) is 0.333. The van der Waals surface area contributed by atoms with Crippen LogP contribution in [0.5, 0.6) is 0 Å². The molecule has 1 saturated heterocycles. The molecular formula is C15H16BrCl2FN2S. The molecule has 1 N–H and O–H groups in total. The molecule has 1 aliphatic heterocycles. The number of benzene rings is 1. The largest absolute Gasteiger partial charge is 0.314 e. The molecule has 1 atom stereocenters. The molecule has 0 spiro atoms. The molecule has 0 radical (unpaired) electrons. The van der Waals surface area contributed by atoms with Crippen LogP contribution in [-0.4, -0.2) is 31.1 Å². The Kier molecular flexibility index (Phi) is 6.68. The first kappa shape index (κ1) is 18.2. The summed E-state index contributed by atoms with van der Waals surface area (Å²) in [6, 6.07) is 9.09. The highest BCUT2D eigenvalue weighted by Gasteiger charge is 2.27. The van der Waals surface area contributed by atoms with Crippen LogP contribution in [0, 0.1) is 5.82 Å². The number of halogens is 4. The highest BCUT2D eigenvalue weighted by Crippen LogP contribution is 2.37. The maximum atomic E-state index is 14.4. The van der Waals surface area contributed by atoms with Crippen LogP contribution in [0.4, 0.5) is 4.39 Å². The molecule has 1 fully saturated rings. The van der Waals surface area contributed by atoms with Gasteiger partial charge in [-0.05, 0) is 24.3 Å². The summed E-state index contributed by atoms with van der Waals surface area (Å²) < 4.78 is 15.9. The minimum Gasteiger partial charge on any atom is -0.314 e. The molecule has 2 aromatic rings. The van der Waals surface area contributed by atoms with E-state index >= 15 is 0 Å². The van der Waals surface area contributed by atoms with Crippen LogP contribution in [0.25, 0.3) is 0 Å². The molecule has 0 saturated carbocycles. The lowest BCUT2D eigenvalue weighted by molar-refractivity contribution is 0.197. The van der Waals surface area contributed by atoms with Gasteiger partial charge in [0.1, 0.15) is 5.82 Å². The first-order valence-electron chi connectivity index (χ1n) is 6.80. The molecule has 1 aliphatic rings. The summed E-state index contributed by atoms with van der Waals surface area (Å²) in [5, 5.41) is 3.34. The van der Waals surface area contributed by atoms with Gasteiger partial charge in [-0.3, -0.25) is 4.90 Å². The van der Waals surface area contributed by atoms with Crippen LogP contribution in [0.3, 0.4) is 0 Å². The standard InChI is InChI=1S/C15H15BrClFN2S.ClH/c16-10-1-2-11(12(18)9-10)15(13-3-4-14(17)21-13)20-7-5-19-6-8-20;/h1-4,9,15,19H,5-8H2;1H/t15-;/m1./s1. The van der Waals surface area contributed by atoms with Crippen LogP contribution in [0.2, 0.25) is 4.34 Å². The normalized spacial score (nSPS) is 17.0. The highest BCUT2D eigenvalue weighted by molar-refractivity contribution is 9.10. The third-order valence-electron chi connectivity index (χ3n) is 3.64. The van der Waals surface area contributed by atoms with Gasteiger partial charge in [0.15, 0.2) is 0 Å². The van der Waals surface area contributed by atoms with Gasteiger partial charge in [-0.2, -0.15) is 0 Å². The Bertz CT molecular complexity index is 632. The predicted octanol–water partition coefficient (Wildman–Crippen LogP) is 4.72. The van der Waals surface area contributed by atoms with Crippen molar-refractivity contribution in [3.63, 3.8) is 0 Å². The summed E-state index contributed by atoms with van der Waals surface area (Å²) in [5.41, 5.74) is 0.707. The fourth-order valence-electron chi connectivity index (χ4n) is 2.67. The zero-order valence-corrected chi connectivity index (χ0v) is 15.7. The maximum absolute atomic E-state index is 14.4. The van der Waals surface area contributed by atoms with Gasteiger partial charge in [0.05, 0.1) is 10.4 Å². The Balaban J connectivity index is 0.00000176. The Morgan fingerprint density at radius 1 is 1.23 bits per heavy atom. The zero-order chi connectivity index (χ0) is 14.8. The van der Waals surface area contributed by atoms with Gasteiger partial charge in [0, 0.05) is 41.1 Å². The summed E-state index contributed by atoms with van der Waals surface area (Å²) >= 11 is 10.9. The average Bonchev–Trinajstić information content (AvgIpc) is 2.89. The molecule has 1 aromatic carbocycles. The lowest BCUT2D eigenvalue weighted by Gasteiger charge is -2.34. The third kappa shape index (κ3) is 4.02. The van der Waals surface area contributed by atoms with Gasteiger partial charge < -0.3 is 5.32 Å². The Morgan fingerprint density at radius 3 is 2.55 bits per heavy atom. The van der Waals surface area contributed by atoms with Gasteiger partial charge in [-0.1, -0.05) is 33.6 Å². The lowest BCUT2D eigenvalue weighted by atomic mass is 10.0. The van der Waals surface area contributed by atoms with Crippen LogP contribution >= 0.6 is 51.3 Å². The SMILES string of the molecule is Cl.Fc1cc(Br)ccc1[C@H](c1ccc(Cl)s1)N1CCNCC1. The predicted molar refractivity (Wildman–Crippen MR) is 97.0 cm³/mol. The molecule has 3 rings (SSSR count). The molecular weight excluding hydrogens is 410 g/mol. The van der Waals surface area contributed by atoms with E-state index in [-0.39, 0.29) is 24.3 Å². The molecule has 7 heteroatoms. The fourth-order valence-corrected chi connectivity index (χ4v) is 4.22. The van der Waals surface area contributed by atoms with E-state index in [1.807, 2.05) is 24.3 Å². The van der Waals surface area contributed by atoms with Gasteiger partial charge in [-0.15, -0.1) is 23.7 Å². The van der Waals surface area contributed by atoms with E-state index < -0.39 is 0 Å². The van der Waals surface area contributed by atoms with Crippen molar-refractivity contribution in [1.82, 2.24) is 10.2 Å². The van der Waals surface area contributed by atoms with Crippen molar-refractivity contribution in [1.29, 1.82) is 0 Å². The van der Waals surface area contributed by atoms with Crippen molar-refractivity contribution in [3.8, 4) is 0 Å². The van der Waals surface area contributed by atoms with Crippen LogP contribution in [0.1, 0.15) is 16.5 Å². The van der Waals surface area contributed by atoms with Gasteiger partial charge in [0.25, 0.3) is 0 Å². The first-order valence-corrected chi connectivity index (χ1v) is 8.79. The monoisotopic (exact) mass is 424 g/mol. The third-order valence-corrected chi connectivity index (χ3v) is 5.41. The quantitative estimate of drug-likeness (QED) is 0.765. The first-order chi connectivity index (χ1) is 10.1. The van der Waals surface area contributed by atoms with Crippen molar-refractivity contribution < 1.29 is 4.39 Å². The van der Waals surface area contributed by atoms with Crippen LogP contribution in [-0.2, 0) is 0 Å². The van der Waals surface area contributed by atoms with Gasteiger partial charge >= 0.3 is 0 Å². The summed E-state index contributed by atoms with van der Waals surface area (Å²) in [6.07, 6.45) is 0. The number of rotatable bonds is 3. The smallest absolute Gasteiger partial charge is 0.129 e. The van der Waals surface area contributed by atoms with Gasteiger partial charge in [0.2, 0.25) is 0 Å². The number of thiophene rings is 1. The van der Waals surface area contributed by atoms with E-state index in [4.69, 9.17) is 11.6 Å². The van der Waals surface area contributed by atoms with E-state index in [1.54, 1.807) is 0 Å². The van der Waals surface area contributed by atoms with Crippen molar-refractivity contribution in [2.24, 2.45) is 0 Å². The van der Waals surface area contributed by atoms with Crippen molar-refractivity contribution >= 4 is 51.3 Å². The summed E-state index contributed by atoms with van der Waals surface area (Å²) in [7, 11) is 0. The Labute approximate surface area is 153 Å². The van der Waals surface area contributed by atoms with Gasteiger partial charge in [-0.25, -0.2) is 4.39 Å². The average molecular weight is 426 g/mol. The second-order valence-corrected chi connectivity index (χ2v) is 7.66. The molecule has 0 amide bonds. The number of nitrogens with one attached hydrogen (secondary N) is 1. The number of nitrogens with zero attached hydrogens (tertiary/aromatic N) is 1. The molecule has 22 heavy (non-hydrogen) atoms. The van der Waals surface area contributed by atoms with Crippen molar-refractivity contribution in [2.45, 2.75) is 6.04 Å². The summed E-state index contributed by atoms with van der Waals surface area (Å²) in [5.74, 6) is -0.183. The molecule has 2 nitrogen and oxygen atoms in total. The topological polar surface area (TPSA) is 15.3 Å². The van der Waals surface area contributed by atoms with E-state index in [2.05, 4.69) is 26.1 Å². The second-order valence-electron chi connectivity index (χ2n) is 5.00. The molecule has 1 aromatic heterocycles. The van der Waals surface area contributed by atoms with Crippen LogP contribution in [0.15, 0.2) is 34.8 Å². The molecule has 0 aliphatic carbocycles. The lowest BCUT2D eigenvalue weighted by Crippen LogP contribution is -2.45. The second kappa shape index (κ2) is 8.08. The number of piperazine rings is 1. The minimum absolute atomic E-state index is 0. The van der Waals surface area contributed by atoms with E-state index in [1.165, 1.54) is 17.4 Å². The number of hydrogen-bond acceptors (Lipinski definition) is 3. The summed E-state index contributed by atoms with van der Waals surface area (Å²) in [6.45, 7) is 3.65. The zero-order valence-electron chi connectivity index (χ0n) is 11.7. The minimum atomic E-state index is -0.183. The van der Waals surface area contributed by atoms with Crippen molar-refractivity contribution in [2.75, 3.05) is 26.2 Å².